The number of allylic oxidation sites excluding steroid dienone is 3. The highest BCUT2D eigenvalue weighted by Crippen LogP contribution is 2.30. The third-order valence-corrected chi connectivity index (χ3v) is 3.13. The van der Waals surface area contributed by atoms with E-state index in [9.17, 15) is 0 Å². The van der Waals surface area contributed by atoms with Crippen molar-refractivity contribution in [3.05, 3.63) is 27.2 Å². The van der Waals surface area contributed by atoms with E-state index in [1.807, 2.05) is 6.42 Å². The van der Waals surface area contributed by atoms with Crippen LogP contribution in [0.3, 0.4) is 0 Å². The van der Waals surface area contributed by atoms with Crippen molar-refractivity contribution < 1.29 is 5.11 Å². The molecule has 0 unspecified atom stereocenters. The summed E-state index contributed by atoms with van der Waals surface area (Å²) in [7, 11) is 0. The van der Waals surface area contributed by atoms with Crippen LogP contribution in [0.15, 0.2) is 20.8 Å². The summed E-state index contributed by atoms with van der Waals surface area (Å²) < 4.78 is 1.65. The normalized spacial score (nSPS) is 20.0. The Morgan fingerprint density at radius 2 is 2.11 bits per heavy atom. The molecule has 0 fully saturated rings. The second-order valence-electron chi connectivity index (χ2n) is 1.69. The number of halogens is 2. The fourth-order valence-electron chi connectivity index (χ4n) is 0.576. The standard InChI is InChI=1S/C6H5Br2O/c7-4-2-1-3-5(9)6(4)8/h2-3,9H,1H2. The third kappa shape index (κ3) is 1.58. The molecule has 1 nitrogen and oxygen atoms in total. The largest absolute Gasteiger partial charge is 0.507 e. The van der Waals surface area contributed by atoms with Gasteiger partial charge in [-0.15, -0.1) is 0 Å². The average Bonchev–Trinajstić information content (AvgIpc) is 1.83. The molecule has 3 heteroatoms. The van der Waals surface area contributed by atoms with E-state index in [2.05, 4.69) is 31.9 Å². The summed E-state index contributed by atoms with van der Waals surface area (Å²) in [6, 6.07) is 0. The molecule has 1 rings (SSSR count). The van der Waals surface area contributed by atoms with Crippen LogP contribution in [0.1, 0.15) is 6.42 Å². The number of aliphatic hydroxyl groups is 1. The molecule has 0 spiro atoms. The molecule has 49 valence electrons. The second-order valence-corrected chi connectivity index (χ2v) is 3.34. The Balaban J connectivity index is 2.88. The van der Waals surface area contributed by atoms with Gasteiger partial charge in [0.05, 0.1) is 4.48 Å². The molecule has 0 aromatic carbocycles. The molecule has 9 heavy (non-hydrogen) atoms. The molecular weight excluding hydrogens is 248 g/mol. The number of rotatable bonds is 0. The van der Waals surface area contributed by atoms with Crippen molar-refractivity contribution in [2.75, 3.05) is 0 Å². The zero-order valence-electron chi connectivity index (χ0n) is 4.56. The molecule has 1 aliphatic rings. The maximum Gasteiger partial charge on any atom is 0.126 e. The Morgan fingerprint density at radius 1 is 1.44 bits per heavy atom. The predicted octanol–water partition coefficient (Wildman–Crippen LogP) is 3.04. The molecule has 0 saturated heterocycles. The minimum Gasteiger partial charge on any atom is -0.507 e. The number of hydrogen-bond acceptors (Lipinski definition) is 1. The second kappa shape index (κ2) is 2.88. The van der Waals surface area contributed by atoms with Crippen molar-refractivity contribution in [1.29, 1.82) is 0 Å². The Kier molecular flexibility index (Phi) is 2.35. The highest BCUT2D eigenvalue weighted by molar-refractivity contribution is 9.14. The van der Waals surface area contributed by atoms with Gasteiger partial charge in [-0.3, -0.25) is 0 Å². The molecular formula is C6H5Br2O. The van der Waals surface area contributed by atoms with Gasteiger partial charge in [0.15, 0.2) is 0 Å². The lowest BCUT2D eigenvalue weighted by Gasteiger charge is -2.07. The van der Waals surface area contributed by atoms with Crippen LogP contribution in [0, 0.1) is 6.42 Å². The first-order valence-corrected chi connectivity index (χ1v) is 4.08. The summed E-state index contributed by atoms with van der Waals surface area (Å²) in [6.45, 7) is 0. The Morgan fingerprint density at radius 3 is 2.56 bits per heavy atom. The van der Waals surface area contributed by atoms with E-state index in [4.69, 9.17) is 5.11 Å². The van der Waals surface area contributed by atoms with Crippen LogP contribution >= 0.6 is 31.9 Å². The minimum absolute atomic E-state index is 0.310. The summed E-state index contributed by atoms with van der Waals surface area (Å²) >= 11 is 6.47. The summed E-state index contributed by atoms with van der Waals surface area (Å²) in [5.41, 5.74) is 0. The molecule has 0 aromatic rings. The lowest BCUT2D eigenvalue weighted by atomic mass is 10.2. The van der Waals surface area contributed by atoms with Crippen molar-refractivity contribution in [3.8, 4) is 0 Å². The van der Waals surface area contributed by atoms with E-state index in [-0.39, 0.29) is 0 Å². The van der Waals surface area contributed by atoms with Gasteiger partial charge in [-0.05, 0) is 28.4 Å². The lowest BCUT2D eigenvalue weighted by molar-refractivity contribution is 0.426. The molecule has 1 aliphatic carbocycles. The van der Waals surface area contributed by atoms with Gasteiger partial charge < -0.3 is 5.11 Å². The summed E-state index contributed by atoms with van der Waals surface area (Å²) in [5, 5.41) is 9.05. The Hall–Kier alpha value is 0.240. The third-order valence-electron chi connectivity index (χ3n) is 1.04. The highest BCUT2D eigenvalue weighted by Gasteiger charge is 2.09. The Labute approximate surface area is 70.7 Å². The van der Waals surface area contributed by atoms with Gasteiger partial charge in [-0.25, -0.2) is 0 Å². The van der Waals surface area contributed by atoms with Crippen molar-refractivity contribution in [1.82, 2.24) is 0 Å². The fourth-order valence-corrected chi connectivity index (χ4v) is 1.29. The van der Waals surface area contributed by atoms with Gasteiger partial charge in [0.25, 0.3) is 0 Å². The summed E-state index contributed by atoms with van der Waals surface area (Å²) in [4.78, 5) is 0. The molecule has 0 bridgehead atoms. The fraction of sp³-hybridized carbons (Fsp3) is 0.167. The van der Waals surface area contributed by atoms with Crippen molar-refractivity contribution in [2.24, 2.45) is 0 Å². The Bertz CT molecular complexity index is 181. The quantitative estimate of drug-likeness (QED) is 0.703. The van der Waals surface area contributed by atoms with Gasteiger partial charge in [-0.1, -0.05) is 15.9 Å². The minimum atomic E-state index is 0.310. The van der Waals surface area contributed by atoms with Crippen molar-refractivity contribution in [3.63, 3.8) is 0 Å². The molecule has 1 radical (unpaired) electrons. The molecule has 0 amide bonds. The van der Waals surface area contributed by atoms with E-state index >= 15 is 0 Å². The van der Waals surface area contributed by atoms with Crippen LogP contribution in [0.4, 0.5) is 0 Å². The number of aliphatic hydroxyl groups excluding tert-OH is 1. The van der Waals surface area contributed by atoms with Gasteiger partial charge in [0.1, 0.15) is 5.76 Å². The first kappa shape index (κ1) is 7.35. The van der Waals surface area contributed by atoms with Crippen LogP contribution in [0.25, 0.3) is 0 Å². The van der Waals surface area contributed by atoms with Gasteiger partial charge >= 0.3 is 0 Å². The monoisotopic (exact) mass is 251 g/mol. The zero-order valence-corrected chi connectivity index (χ0v) is 7.74. The molecule has 0 atom stereocenters. The zero-order chi connectivity index (χ0) is 6.85. The predicted molar refractivity (Wildman–Crippen MR) is 44.5 cm³/mol. The van der Waals surface area contributed by atoms with E-state index in [1.54, 1.807) is 6.08 Å². The van der Waals surface area contributed by atoms with Crippen molar-refractivity contribution >= 4 is 31.9 Å². The van der Waals surface area contributed by atoms with E-state index in [1.165, 1.54) is 0 Å². The van der Waals surface area contributed by atoms with Crippen LogP contribution in [-0.4, -0.2) is 5.11 Å². The van der Waals surface area contributed by atoms with Crippen molar-refractivity contribution in [2.45, 2.75) is 6.42 Å². The van der Waals surface area contributed by atoms with Crippen LogP contribution in [0.2, 0.25) is 0 Å². The lowest BCUT2D eigenvalue weighted by Crippen LogP contribution is -1.91. The van der Waals surface area contributed by atoms with Gasteiger partial charge in [0.2, 0.25) is 0 Å². The molecule has 0 aromatic heterocycles. The molecule has 0 aliphatic heterocycles. The average molecular weight is 253 g/mol. The SMILES string of the molecule is OC1=CC[CH]C(Br)=C1Br. The first-order chi connectivity index (χ1) is 4.22. The summed E-state index contributed by atoms with van der Waals surface area (Å²) in [6.07, 6.45) is 4.51. The smallest absolute Gasteiger partial charge is 0.126 e. The van der Waals surface area contributed by atoms with Crippen LogP contribution < -0.4 is 0 Å². The number of hydrogen-bond donors (Lipinski definition) is 1. The van der Waals surface area contributed by atoms with E-state index in [0.29, 0.717) is 5.76 Å². The topological polar surface area (TPSA) is 20.2 Å². The van der Waals surface area contributed by atoms with E-state index < -0.39 is 0 Å². The van der Waals surface area contributed by atoms with Crippen LogP contribution in [-0.2, 0) is 0 Å². The van der Waals surface area contributed by atoms with Gasteiger partial charge in [0, 0.05) is 10.9 Å². The maximum atomic E-state index is 9.05. The van der Waals surface area contributed by atoms with Gasteiger partial charge in [-0.2, -0.15) is 0 Å². The first-order valence-electron chi connectivity index (χ1n) is 2.50. The van der Waals surface area contributed by atoms with E-state index in [0.717, 1.165) is 15.4 Å². The highest BCUT2D eigenvalue weighted by atomic mass is 79.9. The maximum absolute atomic E-state index is 9.05. The summed E-state index contributed by atoms with van der Waals surface area (Å²) in [5.74, 6) is 0.310. The molecule has 1 N–H and O–H groups in total. The van der Waals surface area contributed by atoms with Crippen LogP contribution in [0.5, 0.6) is 0 Å². The molecule has 0 heterocycles. The molecule has 0 saturated carbocycles.